The molecule has 0 radical (unpaired) electrons. The molecular weight excluding hydrogens is 382 g/mol. The first kappa shape index (κ1) is 18.5. The van der Waals surface area contributed by atoms with E-state index in [4.69, 9.17) is 0 Å². The molecule has 2 aromatic rings. The normalized spacial score (nSPS) is 19.5. The topological polar surface area (TPSA) is 78.4 Å². The van der Waals surface area contributed by atoms with Crippen LogP contribution in [-0.4, -0.2) is 57.5 Å². The maximum absolute atomic E-state index is 13.0. The molecule has 144 valence electrons. The Morgan fingerprint density at radius 1 is 1.26 bits per heavy atom. The van der Waals surface area contributed by atoms with Gasteiger partial charge >= 0.3 is 0 Å². The molecule has 1 atom stereocenters. The van der Waals surface area contributed by atoms with Crippen LogP contribution in [0.1, 0.15) is 30.2 Å². The minimum atomic E-state index is -0.141. The van der Waals surface area contributed by atoms with Crippen LogP contribution in [0.2, 0.25) is 0 Å². The molecule has 1 fully saturated rings. The molecule has 0 saturated carbocycles. The van der Waals surface area contributed by atoms with Crippen molar-refractivity contribution in [2.75, 3.05) is 25.0 Å². The maximum atomic E-state index is 13.0. The van der Waals surface area contributed by atoms with Crippen molar-refractivity contribution in [2.45, 2.75) is 38.8 Å². The van der Waals surface area contributed by atoms with Gasteiger partial charge < -0.3 is 10.2 Å². The first-order valence-corrected chi connectivity index (χ1v) is 11.0. The fraction of sp³-hybridized carbons (Fsp3) is 0.556. The van der Waals surface area contributed by atoms with Crippen LogP contribution in [0.4, 0.5) is 5.13 Å². The average Bonchev–Trinajstić information content (AvgIpc) is 3.38. The molecule has 0 aliphatic carbocycles. The summed E-state index contributed by atoms with van der Waals surface area (Å²) in [6, 6.07) is 1.99. The first-order chi connectivity index (χ1) is 13.1. The Labute approximate surface area is 166 Å². The summed E-state index contributed by atoms with van der Waals surface area (Å²) in [6.45, 7) is 5.05. The number of fused-ring (bicyclic) bond motifs is 1. The number of hydrogen-bond donors (Lipinski definition) is 1. The van der Waals surface area contributed by atoms with Gasteiger partial charge in [-0.2, -0.15) is 0 Å². The van der Waals surface area contributed by atoms with Gasteiger partial charge in [-0.15, -0.1) is 21.5 Å². The van der Waals surface area contributed by atoms with Crippen LogP contribution >= 0.6 is 22.7 Å². The molecule has 1 N–H and O–H groups in total. The number of carbonyl (C=O) groups is 2. The van der Waals surface area contributed by atoms with Crippen LogP contribution in [0.3, 0.4) is 0 Å². The number of hydrogen-bond acceptors (Lipinski definition) is 7. The second-order valence-electron chi connectivity index (χ2n) is 7.10. The van der Waals surface area contributed by atoms with E-state index in [0.29, 0.717) is 5.13 Å². The van der Waals surface area contributed by atoms with E-state index in [-0.39, 0.29) is 23.8 Å². The third-order valence-corrected chi connectivity index (χ3v) is 7.14. The number of thiophene rings is 1. The largest absolute Gasteiger partial charge is 0.337 e. The number of carbonyl (C=O) groups excluding carboxylic acids is 2. The number of anilines is 1. The van der Waals surface area contributed by atoms with Gasteiger partial charge in [0.15, 0.2) is 0 Å². The van der Waals surface area contributed by atoms with Crippen LogP contribution in [0.5, 0.6) is 0 Å². The van der Waals surface area contributed by atoms with Crippen LogP contribution in [0.15, 0.2) is 17.0 Å². The molecule has 4 heterocycles. The molecule has 2 aromatic heterocycles. The smallest absolute Gasteiger partial charge is 0.239 e. The van der Waals surface area contributed by atoms with Crippen molar-refractivity contribution in [3.63, 3.8) is 0 Å². The predicted octanol–water partition coefficient (Wildman–Crippen LogP) is 2.22. The lowest BCUT2D eigenvalue weighted by molar-refractivity contribution is -0.138. The zero-order chi connectivity index (χ0) is 18.8. The Bertz CT molecular complexity index is 799. The van der Waals surface area contributed by atoms with Gasteiger partial charge in [0.1, 0.15) is 5.51 Å². The summed E-state index contributed by atoms with van der Waals surface area (Å²) in [5.41, 5.74) is 2.89. The highest BCUT2D eigenvalue weighted by molar-refractivity contribution is 7.13. The van der Waals surface area contributed by atoms with Crippen LogP contribution < -0.4 is 5.32 Å². The second-order valence-corrected chi connectivity index (χ2v) is 8.93. The second kappa shape index (κ2) is 8.04. The van der Waals surface area contributed by atoms with Crippen LogP contribution in [-0.2, 0) is 22.6 Å². The molecule has 7 nitrogen and oxygen atoms in total. The molecule has 27 heavy (non-hydrogen) atoms. The summed E-state index contributed by atoms with van der Waals surface area (Å²) in [5.74, 6) is 0.172. The Kier molecular flexibility index (Phi) is 5.51. The van der Waals surface area contributed by atoms with Crippen molar-refractivity contribution in [1.29, 1.82) is 0 Å². The molecule has 0 bridgehead atoms. The van der Waals surface area contributed by atoms with Gasteiger partial charge in [-0.1, -0.05) is 11.3 Å². The molecule has 0 spiro atoms. The summed E-state index contributed by atoms with van der Waals surface area (Å²) in [4.78, 5) is 30.9. The Balaban J connectivity index is 1.29. The van der Waals surface area contributed by atoms with Gasteiger partial charge in [0.05, 0.1) is 6.04 Å². The van der Waals surface area contributed by atoms with Gasteiger partial charge in [-0.05, 0) is 56.3 Å². The number of rotatable bonds is 4. The van der Waals surface area contributed by atoms with E-state index in [1.807, 2.05) is 11.8 Å². The van der Waals surface area contributed by atoms with Gasteiger partial charge in [-0.3, -0.25) is 14.5 Å². The molecular formula is C18H23N5O2S2. The van der Waals surface area contributed by atoms with E-state index in [0.717, 1.165) is 45.4 Å². The van der Waals surface area contributed by atoms with E-state index in [9.17, 15) is 9.59 Å². The number of amides is 2. The summed E-state index contributed by atoms with van der Waals surface area (Å²) in [7, 11) is 0. The highest BCUT2D eigenvalue weighted by Crippen LogP contribution is 2.26. The number of piperidine rings is 1. The lowest BCUT2D eigenvalue weighted by atomic mass is 9.95. The van der Waals surface area contributed by atoms with E-state index in [2.05, 4.69) is 31.9 Å². The summed E-state index contributed by atoms with van der Waals surface area (Å²) in [5, 5.41) is 13.1. The van der Waals surface area contributed by atoms with E-state index in [1.54, 1.807) is 16.8 Å². The highest BCUT2D eigenvalue weighted by Gasteiger charge is 2.33. The van der Waals surface area contributed by atoms with E-state index in [1.165, 1.54) is 21.8 Å². The molecule has 9 heteroatoms. The summed E-state index contributed by atoms with van der Waals surface area (Å²) >= 11 is 3.11. The molecule has 2 amide bonds. The van der Waals surface area contributed by atoms with Crippen molar-refractivity contribution in [3.8, 4) is 0 Å². The van der Waals surface area contributed by atoms with E-state index >= 15 is 0 Å². The first-order valence-electron chi connectivity index (χ1n) is 9.27. The van der Waals surface area contributed by atoms with Gasteiger partial charge in [0, 0.05) is 23.9 Å². The minimum Gasteiger partial charge on any atom is -0.337 e. The SMILES string of the molecule is C[C@H](C(=O)N1CCc2sccc2C1)N1CCC(C(=O)Nc2nncs2)CC1. The zero-order valence-electron chi connectivity index (χ0n) is 15.3. The lowest BCUT2D eigenvalue weighted by Crippen LogP contribution is -2.51. The summed E-state index contributed by atoms with van der Waals surface area (Å²) < 4.78 is 0. The molecule has 0 aromatic carbocycles. The fourth-order valence-electron chi connectivity index (χ4n) is 3.84. The van der Waals surface area contributed by atoms with Gasteiger partial charge in [-0.25, -0.2) is 0 Å². The zero-order valence-corrected chi connectivity index (χ0v) is 16.9. The Morgan fingerprint density at radius 2 is 2.07 bits per heavy atom. The van der Waals surface area contributed by atoms with Crippen molar-refractivity contribution in [1.82, 2.24) is 20.0 Å². The van der Waals surface area contributed by atoms with Crippen molar-refractivity contribution in [2.24, 2.45) is 5.92 Å². The average molecular weight is 406 g/mol. The van der Waals surface area contributed by atoms with E-state index < -0.39 is 0 Å². The summed E-state index contributed by atoms with van der Waals surface area (Å²) in [6.07, 6.45) is 2.48. The Hall–Kier alpha value is -1.84. The molecule has 0 unspecified atom stereocenters. The molecule has 4 rings (SSSR count). The number of aromatic nitrogens is 2. The third kappa shape index (κ3) is 4.04. The predicted molar refractivity (Wildman–Crippen MR) is 106 cm³/mol. The van der Waals surface area contributed by atoms with Crippen LogP contribution in [0.25, 0.3) is 0 Å². The molecule has 2 aliphatic rings. The number of likely N-dealkylation sites (tertiary alicyclic amines) is 1. The molecule has 2 aliphatic heterocycles. The van der Waals surface area contributed by atoms with Gasteiger partial charge in [0.2, 0.25) is 16.9 Å². The Morgan fingerprint density at radius 3 is 2.81 bits per heavy atom. The number of nitrogens with zero attached hydrogens (tertiary/aromatic N) is 4. The minimum absolute atomic E-state index is 0.00592. The standard InChI is InChI=1S/C18H23N5O2S2/c1-12(17(25)23-8-4-15-14(10-23)5-9-26-15)22-6-2-13(3-7-22)16(24)20-18-21-19-11-27-18/h5,9,11-13H,2-4,6-8,10H2,1H3,(H,20,21,24)/t12-/m1/s1. The van der Waals surface area contributed by atoms with Crippen molar-refractivity contribution >= 4 is 39.6 Å². The monoisotopic (exact) mass is 405 g/mol. The maximum Gasteiger partial charge on any atom is 0.239 e. The van der Waals surface area contributed by atoms with Crippen molar-refractivity contribution < 1.29 is 9.59 Å². The third-order valence-electron chi connectivity index (χ3n) is 5.51. The quantitative estimate of drug-likeness (QED) is 0.844. The molecule has 1 saturated heterocycles. The van der Waals surface area contributed by atoms with Gasteiger partial charge in [0.25, 0.3) is 0 Å². The van der Waals surface area contributed by atoms with Crippen LogP contribution in [0, 0.1) is 5.92 Å². The fourth-order valence-corrected chi connectivity index (χ4v) is 5.18. The highest BCUT2D eigenvalue weighted by atomic mass is 32.1. The van der Waals surface area contributed by atoms with Crippen molar-refractivity contribution in [3.05, 3.63) is 27.4 Å². The number of nitrogens with one attached hydrogen (secondary N) is 1. The lowest BCUT2D eigenvalue weighted by Gasteiger charge is -2.37.